The summed E-state index contributed by atoms with van der Waals surface area (Å²) < 4.78 is 1.87. The Hall–Kier alpha value is -0.670. The molecule has 0 amide bonds. The first-order valence-electron chi connectivity index (χ1n) is 3.59. The maximum Gasteiger partial charge on any atom is 0.133 e. The van der Waals surface area contributed by atoms with Crippen LogP contribution in [0.5, 0.6) is 5.75 Å². The summed E-state index contributed by atoms with van der Waals surface area (Å²) >= 11 is 5.75. The van der Waals surface area contributed by atoms with Crippen LogP contribution in [0.2, 0.25) is 0 Å². The van der Waals surface area contributed by atoms with Crippen LogP contribution in [0.15, 0.2) is 22.4 Å². The second-order valence-corrected chi connectivity index (χ2v) is 4.57. The molecule has 1 N–H and O–H groups in total. The van der Waals surface area contributed by atoms with Crippen molar-refractivity contribution in [2.24, 2.45) is 0 Å². The van der Waals surface area contributed by atoms with E-state index in [1.165, 1.54) is 16.9 Å². The van der Waals surface area contributed by atoms with Crippen molar-refractivity contribution in [3.8, 4) is 5.75 Å². The number of aryl methyl sites for hydroxylation is 1. The summed E-state index contributed by atoms with van der Waals surface area (Å²) in [7, 11) is 0. The lowest BCUT2D eigenvalue weighted by Crippen LogP contribution is -1.71. The van der Waals surface area contributed by atoms with E-state index in [9.17, 15) is 5.11 Å². The Kier molecular flexibility index (Phi) is 1.77. The Morgan fingerprint density at radius 3 is 2.83 bits per heavy atom. The minimum atomic E-state index is 0.348. The third kappa shape index (κ3) is 1.09. The SMILES string of the molecule is Cc1ccc(O)c2sc(S)cc12. The molecule has 2 rings (SSSR count). The van der Waals surface area contributed by atoms with Crippen LogP contribution in [0, 0.1) is 6.92 Å². The van der Waals surface area contributed by atoms with E-state index in [0.717, 1.165) is 14.3 Å². The average Bonchev–Trinajstić information content (AvgIpc) is 2.41. The summed E-state index contributed by atoms with van der Waals surface area (Å²) in [6, 6.07) is 5.62. The number of phenolic OH excluding ortho intramolecular Hbond substituents is 1. The Morgan fingerprint density at radius 2 is 2.17 bits per heavy atom. The maximum absolute atomic E-state index is 9.49. The van der Waals surface area contributed by atoms with Crippen LogP contribution in [0.4, 0.5) is 0 Å². The first-order valence-corrected chi connectivity index (χ1v) is 4.86. The van der Waals surface area contributed by atoms with Gasteiger partial charge >= 0.3 is 0 Å². The standard InChI is InChI=1S/C9H8OS2/c1-5-2-3-7(10)9-6(5)4-8(11)12-9/h2-4,10-11H,1H3. The summed E-state index contributed by atoms with van der Waals surface area (Å²) in [5.74, 6) is 0.348. The third-order valence-corrected chi connectivity index (χ3v) is 3.23. The van der Waals surface area contributed by atoms with E-state index >= 15 is 0 Å². The van der Waals surface area contributed by atoms with Crippen molar-refractivity contribution in [1.82, 2.24) is 0 Å². The Balaban J connectivity index is 2.93. The highest BCUT2D eigenvalue weighted by atomic mass is 32.2. The molecule has 1 aromatic heterocycles. The van der Waals surface area contributed by atoms with Gasteiger partial charge in [-0.05, 0) is 24.6 Å². The van der Waals surface area contributed by atoms with Gasteiger partial charge in [-0.15, -0.1) is 24.0 Å². The van der Waals surface area contributed by atoms with Gasteiger partial charge in [-0.25, -0.2) is 0 Å². The third-order valence-electron chi connectivity index (χ3n) is 1.87. The van der Waals surface area contributed by atoms with Crippen LogP contribution in [0.1, 0.15) is 5.56 Å². The number of aromatic hydroxyl groups is 1. The minimum Gasteiger partial charge on any atom is -0.506 e. The number of fused-ring (bicyclic) bond motifs is 1. The van der Waals surface area contributed by atoms with Gasteiger partial charge in [0.05, 0.1) is 8.91 Å². The molecule has 12 heavy (non-hydrogen) atoms. The van der Waals surface area contributed by atoms with Crippen LogP contribution < -0.4 is 0 Å². The van der Waals surface area contributed by atoms with Gasteiger partial charge in [0.15, 0.2) is 0 Å². The highest BCUT2D eigenvalue weighted by Crippen LogP contribution is 2.36. The lowest BCUT2D eigenvalue weighted by Gasteiger charge is -1.96. The minimum absolute atomic E-state index is 0.348. The highest BCUT2D eigenvalue weighted by Gasteiger charge is 2.05. The molecule has 62 valence electrons. The molecular formula is C9H8OS2. The van der Waals surface area contributed by atoms with Crippen molar-refractivity contribution in [1.29, 1.82) is 0 Å². The summed E-state index contributed by atoms with van der Waals surface area (Å²) in [6.45, 7) is 2.03. The summed E-state index contributed by atoms with van der Waals surface area (Å²) in [4.78, 5) is 0. The van der Waals surface area contributed by atoms with Gasteiger partial charge in [0.2, 0.25) is 0 Å². The second kappa shape index (κ2) is 2.68. The highest BCUT2D eigenvalue weighted by molar-refractivity contribution is 7.83. The molecule has 0 saturated carbocycles. The predicted octanol–water partition coefficient (Wildman–Crippen LogP) is 3.20. The predicted molar refractivity (Wildman–Crippen MR) is 55.5 cm³/mol. The van der Waals surface area contributed by atoms with Gasteiger partial charge in [-0.3, -0.25) is 0 Å². The van der Waals surface area contributed by atoms with Crippen molar-refractivity contribution in [3.63, 3.8) is 0 Å². The molecule has 0 aliphatic rings. The maximum atomic E-state index is 9.49. The summed E-state index contributed by atoms with van der Waals surface area (Å²) in [6.07, 6.45) is 0. The van der Waals surface area contributed by atoms with Crippen molar-refractivity contribution in [3.05, 3.63) is 23.8 Å². The number of hydrogen-bond acceptors (Lipinski definition) is 3. The van der Waals surface area contributed by atoms with Gasteiger partial charge in [0.1, 0.15) is 5.75 Å². The zero-order valence-electron chi connectivity index (χ0n) is 6.53. The molecule has 0 radical (unpaired) electrons. The molecule has 2 aromatic rings. The summed E-state index contributed by atoms with van der Waals surface area (Å²) in [5, 5.41) is 10.6. The zero-order valence-corrected chi connectivity index (χ0v) is 8.25. The van der Waals surface area contributed by atoms with Gasteiger partial charge < -0.3 is 5.11 Å². The van der Waals surface area contributed by atoms with E-state index in [4.69, 9.17) is 0 Å². The fourth-order valence-corrected chi connectivity index (χ4v) is 2.52. The monoisotopic (exact) mass is 196 g/mol. The van der Waals surface area contributed by atoms with Crippen LogP contribution in [0.25, 0.3) is 10.1 Å². The fraction of sp³-hybridized carbons (Fsp3) is 0.111. The van der Waals surface area contributed by atoms with Crippen molar-refractivity contribution < 1.29 is 5.11 Å². The van der Waals surface area contributed by atoms with Gasteiger partial charge in [-0.1, -0.05) is 6.07 Å². The quantitative estimate of drug-likeness (QED) is 0.620. The first kappa shape index (κ1) is 7.95. The van der Waals surface area contributed by atoms with E-state index in [1.807, 2.05) is 19.1 Å². The van der Waals surface area contributed by atoms with Crippen LogP contribution in [-0.4, -0.2) is 5.11 Å². The average molecular weight is 196 g/mol. The van der Waals surface area contributed by atoms with E-state index in [0.29, 0.717) is 5.75 Å². The number of hydrogen-bond donors (Lipinski definition) is 2. The Bertz CT molecular complexity index is 392. The molecule has 0 saturated heterocycles. The lowest BCUT2D eigenvalue weighted by atomic mass is 10.1. The first-order chi connectivity index (χ1) is 5.68. The van der Waals surface area contributed by atoms with Crippen molar-refractivity contribution in [2.75, 3.05) is 0 Å². The van der Waals surface area contributed by atoms with E-state index in [2.05, 4.69) is 12.6 Å². The smallest absolute Gasteiger partial charge is 0.133 e. The van der Waals surface area contributed by atoms with Gasteiger partial charge in [-0.2, -0.15) is 0 Å². The molecule has 1 nitrogen and oxygen atoms in total. The normalized spacial score (nSPS) is 10.8. The van der Waals surface area contributed by atoms with Crippen molar-refractivity contribution >= 4 is 34.1 Å². The number of benzene rings is 1. The Labute approximate surface area is 80.1 Å². The fourth-order valence-electron chi connectivity index (χ4n) is 1.23. The molecule has 0 bridgehead atoms. The molecule has 0 spiro atoms. The zero-order chi connectivity index (χ0) is 8.72. The van der Waals surface area contributed by atoms with Gasteiger partial charge in [0, 0.05) is 5.39 Å². The molecule has 0 unspecified atom stereocenters. The van der Waals surface area contributed by atoms with Crippen LogP contribution in [0.3, 0.4) is 0 Å². The number of rotatable bonds is 0. The molecule has 0 aliphatic carbocycles. The Morgan fingerprint density at radius 1 is 1.42 bits per heavy atom. The second-order valence-electron chi connectivity index (χ2n) is 2.73. The molecule has 0 aliphatic heterocycles. The topological polar surface area (TPSA) is 20.2 Å². The molecular weight excluding hydrogens is 188 g/mol. The van der Waals surface area contributed by atoms with Gasteiger partial charge in [0.25, 0.3) is 0 Å². The van der Waals surface area contributed by atoms with E-state index in [-0.39, 0.29) is 0 Å². The van der Waals surface area contributed by atoms with Crippen molar-refractivity contribution in [2.45, 2.75) is 11.1 Å². The summed E-state index contributed by atoms with van der Waals surface area (Å²) in [5.41, 5.74) is 1.18. The van der Waals surface area contributed by atoms with Crippen LogP contribution >= 0.6 is 24.0 Å². The molecule has 1 aromatic carbocycles. The molecule has 0 fully saturated rings. The molecule has 0 atom stereocenters. The van der Waals surface area contributed by atoms with E-state index in [1.54, 1.807) is 6.07 Å². The number of thiophene rings is 1. The van der Waals surface area contributed by atoms with E-state index < -0.39 is 0 Å². The number of phenols is 1. The number of thiol groups is 1. The lowest BCUT2D eigenvalue weighted by molar-refractivity contribution is 0.482. The molecule has 3 heteroatoms. The molecule has 1 heterocycles. The van der Waals surface area contributed by atoms with Crippen LogP contribution in [-0.2, 0) is 0 Å². The largest absolute Gasteiger partial charge is 0.506 e.